The Morgan fingerprint density at radius 2 is 2.10 bits per heavy atom. The Hall–Kier alpha value is -0.520. The van der Waals surface area contributed by atoms with Gasteiger partial charge in [0.25, 0.3) is 0 Å². The van der Waals surface area contributed by atoms with E-state index < -0.39 is 0 Å². The number of hydrogen-bond donors (Lipinski definition) is 1. The molecular formula is C5H6BrN3O. The largest absolute Gasteiger partial charge is 0.296 e. The summed E-state index contributed by atoms with van der Waals surface area (Å²) >= 11 is 3.20. The molecule has 0 atom stereocenters. The lowest BCUT2D eigenvalue weighted by Crippen LogP contribution is -2.02. The first kappa shape index (κ1) is 7.59. The smallest absolute Gasteiger partial charge is 0.156 e. The van der Waals surface area contributed by atoms with Gasteiger partial charge in [0, 0.05) is 12.4 Å². The fraction of sp³-hybridized carbons (Fsp3) is 0.200. The van der Waals surface area contributed by atoms with Crippen LogP contribution in [0, 0.1) is 0 Å². The van der Waals surface area contributed by atoms with Crippen LogP contribution in [0.25, 0.3) is 0 Å². The van der Waals surface area contributed by atoms with Crippen LogP contribution in [-0.2, 0) is 11.4 Å². The Kier molecular flexibility index (Phi) is 2.73. The first-order valence-electron chi connectivity index (χ1n) is 2.61. The third-order valence-electron chi connectivity index (χ3n) is 0.886. The third-order valence-corrected chi connectivity index (χ3v) is 1.30. The monoisotopic (exact) mass is 203 g/mol. The molecule has 0 amide bonds. The Morgan fingerprint density at radius 3 is 2.60 bits per heavy atom. The van der Waals surface area contributed by atoms with E-state index in [2.05, 4.69) is 30.7 Å². The van der Waals surface area contributed by atoms with Gasteiger partial charge in [0.1, 0.15) is 6.61 Å². The molecule has 0 aliphatic carbocycles. The van der Waals surface area contributed by atoms with E-state index in [0.29, 0.717) is 5.82 Å². The summed E-state index contributed by atoms with van der Waals surface area (Å²) in [6.45, 7) is 0.243. The Morgan fingerprint density at radius 1 is 1.50 bits per heavy atom. The highest BCUT2D eigenvalue weighted by Crippen LogP contribution is 2.04. The lowest BCUT2D eigenvalue weighted by molar-refractivity contribution is 0.118. The van der Waals surface area contributed by atoms with Crippen LogP contribution in [0.3, 0.4) is 0 Å². The van der Waals surface area contributed by atoms with Gasteiger partial charge in [0.15, 0.2) is 5.82 Å². The number of hydrogen-bond acceptors (Lipinski definition) is 4. The topological polar surface area (TPSA) is 61.0 Å². The van der Waals surface area contributed by atoms with Gasteiger partial charge in [0.05, 0.1) is 4.47 Å². The van der Waals surface area contributed by atoms with Gasteiger partial charge in [-0.15, -0.1) is 0 Å². The van der Waals surface area contributed by atoms with Crippen LogP contribution in [0.4, 0.5) is 0 Å². The maximum Gasteiger partial charge on any atom is 0.156 e. The summed E-state index contributed by atoms with van der Waals surface area (Å²) in [5, 5.41) is 0. The van der Waals surface area contributed by atoms with Gasteiger partial charge < -0.3 is 0 Å². The summed E-state index contributed by atoms with van der Waals surface area (Å²) in [5.74, 6) is 5.38. The molecule has 0 saturated carbocycles. The van der Waals surface area contributed by atoms with E-state index in [1.54, 1.807) is 12.4 Å². The number of nitrogens with zero attached hydrogens (tertiary/aromatic N) is 2. The van der Waals surface area contributed by atoms with Gasteiger partial charge in [-0.25, -0.2) is 15.9 Å². The number of nitrogens with two attached hydrogens (primary N) is 1. The molecule has 0 aliphatic rings. The molecule has 5 heteroatoms. The molecule has 0 aliphatic heterocycles. The van der Waals surface area contributed by atoms with Crippen molar-refractivity contribution in [2.75, 3.05) is 0 Å². The van der Waals surface area contributed by atoms with E-state index in [0.717, 1.165) is 4.47 Å². The van der Waals surface area contributed by atoms with Gasteiger partial charge in [-0.2, -0.15) is 0 Å². The second kappa shape index (κ2) is 3.60. The van der Waals surface area contributed by atoms with Crippen molar-refractivity contribution in [1.82, 2.24) is 9.97 Å². The van der Waals surface area contributed by atoms with Crippen LogP contribution < -0.4 is 5.90 Å². The van der Waals surface area contributed by atoms with E-state index in [4.69, 9.17) is 5.90 Å². The van der Waals surface area contributed by atoms with Crippen LogP contribution in [0.5, 0.6) is 0 Å². The number of halogens is 1. The van der Waals surface area contributed by atoms with Crippen molar-refractivity contribution in [2.24, 2.45) is 5.90 Å². The molecule has 54 valence electrons. The zero-order valence-electron chi connectivity index (χ0n) is 5.12. The first-order chi connectivity index (χ1) is 4.83. The molecule has 1 rings (SSSR count). The van der Waals surface area contributed by atoms with Crippen LogP contribution >= 0.6 is 15.9 Å². The zero-order chi connectivity index (χ0) is 7.40. The first-order valence-corrected chi connectivity index (χ1v) is 3.40. The third kappa shape index (κ3) is 2.02. The molecule has 0 aromatic carbocycles. The summed E-state index contributed by atoms with van der Waals surface area (Å²) in [4.78, 5) is 12.1. The predicted molar refractivity (Wildman–Crippen MR) is 38.7 cm³/mol. The van der Waals surface area contributed by atoms with Gasteiger partial charge in [-0.1, -0.05) is 0 Å². The molecule has 0 saturated heterocycles. The average molecular weight is 204 g/mol. The second-order valence-corrected chi connectivity index (χ2v) is 2.54. The van der Waals surface area contributed by atoms with Gasteiger partial charge >= 0.3 is 0 Å². The summed E-state index contributed by atoms with van der Waals surface area (Å²) in [5.41, 5.74) is 0. The molecule has 1 aromatic rings. The van der Waals surface area contributed by atoms with E-state index >= 15 is 0 Å². The maximum atomic E-state index is 4.81. The molecule has 4 nitrogen and oxygen atoms in total. The highest BCUT2D eigenvalue weighted by atomic mass is 79.9. The molecule has 0 unspecified atom stereocenters. The van der Waals surface area contributed by atoms with Gasteiger partial charge in [-0.05, 0) is 15.9 Å². The number of aromatic nitrogens is 2. The van der Waals surface area contributed by atoms with Crippen molar-refractivity contribution in [3.8, 4) is 0 Å². The van der Waals surface area contributed by atoms with Crippen LogP contribution in [-0.4, -0.2) is 9.97 Å². The van der Waals surface area contributed by atoms with Gasteiger partial charge in [-0.3, -0.25) is 4.84 Å². The normalized spacial score (nSPS) is 9.80. The van der Waals surface area contributed by atoms with E-state index in [1.165, 1.54) is 0 Å². The molecule has 0 spiro atoms. The summed E-state index contributed by atoms with van der Waals surface area (Å²) in [7, 11) is 0. The van der Waals surface area contributed by atoms with Crippen LogP contribution in [0.2, 0.25) is 0 Å². The highest BCUT2D eigenvalue weighted by molar-refractivity contribution is 9.10. The summed E-state index contributed by atoms with van der Waals surface area (Å²) in [6, 6.07) is 0. The predicted octanol–water partition coefficient (Wildman–Crippen LogP) is 0.629. The van der Waals surface area contributed by atoms with Crippen LogP contribution in [0.1, 0.15) is 5.82 Å². The maximum absolute atomic E-state index is 4.81. The zero-order valence-corrected chi connectivity index (χ0v) is 6.71. The van der Waals surface area contributed by atoms with Crippen molar-refractivity contribution in [3.63, 3.8) is 0 Å². The fourth-order valence-corrected chi connectivity index (χ4v) is 0.693. The lowest BCUT2D eigenvalue weighted by atomic mass is 10.6. The Balaban J connectivity index is 2.69. The average Bonchev–Trinajstić information content (AvgIpc) is 1.95. The molecule has 1 aromatic heterocycles. The molecule has 10 heavy (non-hydrogen) atoms. The standard InChI is InChI=1S/C5H6BrN3O/c6-4-1-8-5(3-10-7)9-2-4/h1-2H,3,7H2. The second-order valence-electron chi connectivity index (χ2n) is 1.63. The fourth-order valence-electron chi connectivity index (χ4n) is 0.488. The minimum atomic E-state index is 0.243. The van der Waals surface area contributed by atoms with Crippen molar-refractivity contribution >= 4 is 15.9 Å². The summed E-state index contributed by atoms with van der Waals surface area (Å²) in [6.07, 6.45) is 3.28. The van der Waals surface area contributed by atoms with E-state index in [9.17, 15) is 0 Å². The van der Waals surface area contributed by atoms with Crippen molar-refractivity contribution < 1.29 is 4.84 Å². The number of rotatable bonds is 2. The minimum Gasteiger partial charge on any atom is -0.296 e. The summed E-state index contributed by atoms with van der Waals surface area (Å²) < 4.78 is 0.841. The van der Waals surface area contributed by atoms with Gasteiger partial charge in [0.2, 0.25) is 0 Å². The molecular weight excluding hydrogens is 198 g/mol. The lowest BCUT2D eigenvalue weighted by Gasteiger charge is -1.94. The van der Waals surface area contributed by atoms with Crippen LogP contribution in [0.15, 0.2) is 16.9 Å². The molecule has 0 fully saturated rings. The quantitative estimate of drug-likeness (QED) is 0.717. The van der Waals surface area contributed by atoms with E-state index in [-0.39, 0.29) is 6.61 Å². The molecule has 1 heterocycles. The molecule has 0 radical (unpaired) electrons. The van der Waals surface area contributed by atoms with Crippen molar-refractivity contribution in [2.45, 2.75) is 6.61 Å². The van der Waals surface area contributed by atoms with E-state index in [1.807, 2.05) is 0 Å². The Bertz CT molecular complexity index is 201. The Labute approximate surface area is 66.5 Å². The van der Waals surface area contributed by atoms with Crippen molar-refractivity contribution in [1.29, 1.82) is 0 Å². The molecule has 2 N–H and O–H groups in total. The van der Waals surface area contributed by atoms with Crippen molar-refractivity contribution in [3.05, 3.63) is 22.7 Å². The minimum absolute atomic E-state index is 0.243. The SMILES string of the molecule is NOCc1ncc(Br)cn1. The highest BCUT2D eigenvalue weighted by Gasteiger charge is 1.93. The molecule has 0 bridgehead atoms.